The first-order valence-corrected chi connectivity index (χ1v) is 7.28. The molecule has 2 aromatic rings. The molecule has 1 unspecified atom stereocenters. The zero-order valence-corrected chi connectivity index (χ0v) is 12.5. The fourth-order valence-electron chi connectivity index (χ4n) is 1.94. The van der Waals surface area contributed by atoms with Crippen molar-refractivity contribution < 1.29 is 9.90 Å². The second-order valence-corrected chi connectivity index (χ2v) is 6.46. The molecule has 0 amide bonds. The van der Waals surface area contributed by atoms with Gasteiger partial charge >= 0.3 is 5.97 Å². The normalized spacial score (nSPS) is 14.1. The van der Waals surface area contributed by atoms with Crippen LogP contribution in [0.4, 0.5) is 0 Å². The lowest BCUT2D eigenvalue weighted by Gasteiger charge is -2.25. The van der Waals surface area contributed by atoms with Crippen LogP contribution in [-0.2, 0) is 16.6 Å². The van der Waals surface area contributed by atoms with E-state index in [0.29, 0.717) is 22.0 Å². The zero-order chi connectivity index (χ0) is 14.0. The Morgan fingerprint density at radius 2 is 1.95 bits per heavy atom. The largest absolute Gasteiger partial charge is 0.481 e. The van der Waals surface area contributed by atoms with Crippen LogP contribution in [0.5, 0.6) is 0 Å². The summed E-state index contributed by atoms with van der Waals surface area (Å²) in [6, 6.07) is 8.76. The van der Waals surface area contributed by atoms with Crippen molar-refractivity contribution in [3.63, 3.8) is 0 Å². The summed E-state index contributed by atoms with van der Waals surface area (Å²) in [5.41, 5.74) is -0.426. The van der Waals surface area contributed by atoms with Crippen molar-refractivity contribution >= 4 is 40.5 Å². The molecule has 1 aromatic heterocycles. The van der Waals surface area contributed by atoms with Crippen molar-refractivity contribution in [2.75, 3.05) is 0 Å². The van der Waals surface area contributed by atoms with Gasteiger partial charge in [0.2, 0.25) is 0 Å². The molecule has 100 valence electrons. The van der Waals surface area contributed by atoms with Crippen LogP contribution in [0.25, 0.3) is 0 Å². The highest BCUT2D eigenvalue weighted by Gasteiger charge is 2.36. The molecule has 0 fully saturated rings. The van der Waals surface area contributed by atoms with Gasteiger partial charge in [-0.05, 0) is 42.1 Å². The number of hydrogen-bond acceptors (Lipinski definition) is 2. The summed E-state index contributed by atoms with van der Waals surface area (Å²) in [4.78, 5) is 12.7. The molecule has 0 saturated carbocycles. The monoisotopic (exact) mass is 314 g/mol. The number of carboxylic acids is 1. The molecule has 1 aromatic carbocycles. The maximum atomic E-state index is 11.7. The summed E-state index contributed by atoms with van der Waals surface area (Å²) in [6.45, 7) is 1.69. The van der Waals surface area contributed by atoms with E-state index in [1.54, 1.807) is 36.5 Å². The average molecular weight is 315 g/mol. The van der Waals surface area contributed by atoms with Crippen LogP contribution < -0.4 is 0 Å². The van der Waals surface area contributed by atoms with Crippen molar-refractivity contribution in [1.29, 1.82) is 0 Å². The Morgan fingerprint density at radius 3 is 2.42 bits per heavy atom. The van der Waals surface area contributed by atoms with Crippen LogP contribution in [-0.4, -0.2) is 11.1 Å². The molecular weight excluding hydrogens is 303 g/mol. The van der Waals surface area contributed by atoms with Gasteiger partial charge in [-0.1, -0.05) is 29.3 Å². The highest BCUT2D eigenvalue weighted by atomic mass is 35.5. The molecule has 1 atom stereocenters. The number of rotatable bonds is 4. The maximum absolute atomic E-state index is 11.7. The number of thiophene rings is 1. The SMILES string of the molecule is CC(Cc1cccs1)(C(=O)O)c1cc(Cl)cc(Cl)c1. The van der Waals surface area contributed by atoms with Crippen molar-refractivity contribution in [2.24, 2.45) is 0 Å². The zero-order valence-electron chi connectivity index (χ0n) is 10.2. The van der Waals surface area contributed by atoms with E-state index >= 15 is 0 Å². The average Bonchev–Trinajstić information content (AvgIpc) is 2.79. The number of halogens is 2. The van der Waals surface area contributed by atoms with Crippen LogP contribution in [0.3, 0.4) is 0 Å². The van der Waals surface area contributed by atoms with E-state index < -0.39 is 11.4 Å². The first-order chi connectivity index (χ1) is 8.91. The summed E-state index contributed by atoms with van der Waals surface area (Å²) in [7, 11) is 0. The van der Waals surface area contributed by atoms with Gasteiger partial charge in [0.1, 0.15) is 0 Å². The summed E-state index contributed by atoms with van der Waals surface area (Å²) in [5, 5.41) is 12.4. The predicted octanol–water partition coefficient (Wildman–Crippen LogP) is 4.64. The summed E-state index contributed by atoms with van der Waals surface area (Å²) in [5.74, 6) is -0.890. The minimum atomic E-state index is -1.04. The second-order valence-electron chi connectivity index (χ2n) is 4.55. The Balaban J connectivity index is 2.46. The highest BCUT2D eigenvalue weighted by Crippen LogP contribution is 2.33. The molecule has 0 radical (unpaired) electrons. The molecule has 2 nitrogen and oxygen atoms in total. The number of benzene rings is 1. The molecule has 0 saturated heterocycles. The first kappa shape index (κ1) is 14.4. The molecule has 0 aliphatic carbocycles. The molecule has 0 bridgehead atoms. The van der Waals surface area contributed by atoms with Gasteiger partial charge in [-0.15, -0.1) is 11.3 Å². The Kier molecular flexibility index (Phi) is 4.19. The third-order valence-electron chi connectivity index (χ3n) is 3.08. The smallest absolute Gasteiger partial charge is 0.314 e. The first-order valence-electron chi connectivity index (χ1n) is 5.64. The molecule has 1 heterocycles. The standard InChI is InChI=1S/C14H12Cl2O2S/c1-14(13(17)18,8-12-3-2-4-19-12)9-5-10(15)7-11(16)6-9/h2-7H,8H2,1H3,(H,17,18). The molecule has 0 aliphatic rings. The Morgan fingerprint density at radius 1 is 1.32 bits per heavy atom. The van der Waals surface area contributed by atoms with Crippen molar-refractivity contribution in [3.8, 4) is 0 Å². The number of aliphatic carboxylic acids is 1. The van der Waals surface area contributed by atoms with E-state index in [1.807, 2.05) is 17.5 Å². The quantitative estimate of drug-likeness (QED) is 0.892. The lowest BCUT2D eigenvalue weighted by Crippen LogP contribution is -2.34. The van der Waals surface area contributed by atoms with Crippen molar-refractivity contribution in [1.82, 2.24) is 0 Å². The molecular formula is C14H12Cl2O2S. The van der Waals surface area contributed by atoms with Gasteiger partial charge in [-0.25, -0.2) is 0 Å². The summed E-state index contributed by atoms with van der Waals surface area (Å²) in [6.07, 6.45) is 0.413. The molecule has 2 rings (SSSR count). The van der Waals surface area contributed by atoms with Gasteiger partial charge in [-0.2, -0.15) is 0 Å². The lowest BCUT2D eigenvalue weighted by molar-refractivity contribution is -0.143. The third-order valence-corrected chi connectivity index (χ3v) is 4.39. The number of carbonyl (C=O) groups is 1. The van der Waals surface area contributed by atoms with Gasteiger partial charge in [0.25, 0.3) is 0 Å². The predicted molar refractivity (Wildman–Crippen MR) is 79.5 cm³/mol. The minimum absolute atomic E-state index is 0.413. The highest BCUT2D eigenvalue weighted by molar-refractivity contribution is 7.09. The van der Waals surface area contributed by atoms with Crippen LogP contribution in [0, 0.1) is 0 Å². The van der Waals surface area contributed by atoms with E-state index in [-0.39, 0.29) is 0 Å². The van der Waals surface area contributed by atoms with Crippen LogP contribution in [0.1, 0.15) is 17.4 Å². The van der Waals surface area contributed by atoms with E-state index in [9.17, 15) is 9.90 Å². The fourth-order valence-corrected chi connectivity index (χ4v) is 3.32. The van der Waals surface area contributed by atoms with Crippen LogP contribution >= 0.6 is 34.5 Å². The van der Waals surface area contributed by atoms with Gasteiger partial charge < -0.3 is 5.11 Å². The Labute approximate surface area is 125 Å². The summed E-state index contributed by atoms with van der Waals surface area (Å²) >= 11 is 13.5. The van der Waals surface area contributed by atoms with E-state index in [2.05, 4.69) is 0 Å². The van der Waals surface area contributed by atoms with Crippen LogP contribution in [0.15, 0.2) is 35.7 Å². The molecule has 1 N–H and O–H groups in total. The van der Waals surface area contributed by atoms with E-state index in [1.165, 1.54) is 0 Å². The number of hydrogen-bond donors (Lipinski definition) is 1. The maximum Gasteiger partial charge on any atom is 0.314 e. The molecule has 0 aliphatic heterocycles. The Hall–Kier alpha value is -1.03. The van der Waals surface area contributed by atoms with Gasteiger partial charge in [0.05, 0.1) is 5.41 Å². The van der Waals surface area contributed by atoms with Gasteiger partial charge in [0.15, 0.2) is 0 Å². The number of carboxylic acid groups (broad SMARTS) is 1. The van der Waals surface area contributed by atoms with Crippen molar-refractivity contribution in [3.05, 3.63) is 56.2 Å². The Bertz CT molecular complexity index is 575. The third kappa shape index (κ3) is 3.11. The molecule has 5 heteroatoms. The molecule has 0 spiro atoms. The van der Waals surface area contributed by atoms with E-state index in [4.69, 9.17) is 23.2 Å². The van der Waals surface area contributed by atoms with Gasteiger partial charge in [0, 0.05) is 21.3 Å². The summed E-state index contributed by atoms with van der Waals surface area (Å²) < 4.78 is 0. The topological polar surface area (TPSA) is 37.3 Å². The van der Waals surface area contributed by atoms with Gasteiger partial charge in [-0.3, -0.25) is 4.79 Å². The second kappa shape index (κ2) is 5.53. The van der Waals surface area contributed by atoms with E-state index in [0.717, 1.165) is 4.88 Å². The lowest BCUT2D eigenvalue weighted by atomic mass is 9.79. The molecule has 19 heavy (non-hydrogen) atoms. The minimum Gasteiger partial charge on any atom is -0.481 e. The van der Waals surface area contributed by atoms with Crippen molar-refractivity contribution in [2.45, 2.75) is 18.8 Å². The fraction of sp³-hybridized carbons (Fsp3) is 0.214. The van der Waals surface area contributed by atoms with Crippen LogP contribution in [0.2, 0.25) is 10.0 Å².